The Kier molecular flexibility index (Phi) is 11.2. The van der Waals surface area contributed by atoms with Crippen molar-refractivity contribution < 1.29 is 0 Å². The number of nitrogens with zero attached hydrogens (tertiary/aromatic N) is 1. The molecule has 0 saturated carbocycles. The molecule has 9 aromatic carbocycles. The molecule has 0 bridgehead atoms. The van der Waals surface area contributed by atoms with Crippen LogP contribution in [0.3, 0.4) is 0 Å². The monoisotopic (exact) mass is 824 g/mol. The fourth-order valence-corrected chi connectivity index (χ4v) is 33.3. The lowest BCUT2D eigenvalue weighted by Gasteiger charge is -2.50. The summed E-state index contributed by atoms with van der Waals surface area (Å²) in [6.07, 6.45) is 0. The van der Waals surface area contributed by atoms with Gasteiger partial charge in [-0.1, -0.05) is 164 Å². The third-order valence-corrected chi connectivity index (χ3v) is 30.0. The molecule has 0 amide bonds. The maximum absolute atomic E-state index is 14.0. The molecule has 0 heterocycles. The Balaban J connectivity index is 1.74. The molecule has 0 atom stereocenters. The van der Waals surface area contributed by atoms with Crippen molar-refractivity contribution in [1.29, 1.82) is 5.26 Å². The molecule has 0 fully saturated rings. The highest BCUT2D eigenvalue weighted by atomic mass is 31.3. The van der Waals surface area contributed by atoms with Crippen LogP contribution < -0.4 is 47.7 Å². The van der Waals surface area contributed by atoms with Crippen molar-refractivity contribution in [2.75, 3.05) is 0 Å². The zero-order chi connectivity index (χ0) is 40.7. The quantitative estimate of drug-likeness (QED) is 0.113. The molecule has 0 aliphatic heterocycles. The highest BCUT2D eigenvalue weighted by Crippen LogP contribution is 2.96. The van der Waals surface area contributed by atoms with Crippen LogP contribution in [-0.4, -0.2) is 4.64 Å². The van der Waals surface area contributed by atoms with Crippen LogP contribution in [0, 0.1) is 11.3 Å². The highest BCUT2D eigenvalue weighted by molar-refractivity contribution is 8.26. The predicted octanol–water partition coefficient (Wildman–Crippen LogP) is 10.1. The Morgan fingerprint density at radius 1 is 0.217 bits per heavy atom. The van der Waals surface area contributed by atoms with Crippen LogP contribution in [0.4, 0.5) is 0 Å². The van der Waals surface area contributed by atoms with Crippen molar-refractivity contribution >= 4 is 69.5 Å². The first-order chi connectivity index (χ1) is 29.8. The average molecular weight is 825 g/mol. The molecule has 0 spiro atoms. The number of benzene rings is 9. The summed E-state index contributed by atoms with van der Waals surface area (Å²) in [5.41, 5.74) is 0. The first-order valence-corrected chi connectivity index (χ1v) is 25.7. The Bertz CT molecular complexity index is 2190. The molecule has 1 nitrogen and oxygen atoms in total. The maximum atomic E-state index is 14.0. The van der Waals surface area contributed by atoms with E-state index < -0.39 is 26.4 Å². The van der Waals surface area contributed by atoms with Gasteiger partial charge in [-0.3, -0.25) is 0 Å². The summed E-state index contributed by atoms with van der Waals surface area (Å²) in [7, 11) is -9.88. The van der Waals surface area contributed by atoms with E-state index in [0.717, 1.165) is 0 Å². The third kappa shape index (κ3) is 5.95. The lowest BCUT2D eigenvalue weighted by molar-refractivity contribution is 1.35. The Hall–Kier alpha value is -6.24. The van der Waals surface area contributed by atoms with Crippen molar-refractivity contribution in [3.8, 4) is 6.07 Å². The number of hydrogen-bond acceptors (Lipinski definition) is 1. The van der Waals surface area contributed by atoms with E-state index in [4.69, 9.17) is 0 Å². The molecule has 9 aromatic rings. The molecule has 0 N–H and O–H groups in total. The van der Waals surface area contributed by atoms with Crippen molar-refractivity contribution in [1.82, 2.24) is 0 Å². The van der Waals surface area contributed by atoms with Gasteiger partial charge >= 0.3 is 4.64 Å². The van der Waals surface area contributed by atoms with Gasteiger partial charge in [0.25, 0.3) is 0 Å². The molecule has 0 unspecified atom stereocenters. The molecule has 0 aliphatic carbocycles. The van der Waals surface area contributed by atoms with Crippen molar-refractivity contribution in [3.05, 3.63) is 273 Å². The van der Waals surface area contributed by atoms with Crippen molar-refractivity contribution in [3.63, 3.8) is 0 Å². The van der Waals surface area contributed by atoms with E-state index >= 15 is 0 Å². The van der Waals surface area contributed by atoms with Gasteiger partial charge < -0.3 is 0 Å². The van der Waals surface area contributed by atoms with E-state index in [2.05, 4.69) is 279 Å². The smallest absolute Gasteiger partial charge is 0.185 e. The van der Waals surface area contributed by atoms with E-state index in [1.165, 1.54) is 47.7 Å². The van der Waals surface area contributed by atoms with Crippen molar-refractivity contribution in [2.24, 2.45) is 0 Å². The van der Waals surface area contributed by atoms with Crippen LogP contribution in [-0.2, 0) is 0 Å². The SMILES string of the molecule is N#CC([P+](c1ccccc1)(c1ccccc1)c1ccccc1)([P+](c1ccccc1)(c1ccccc1)c1ccccc1)[P+](c1ccccc1)(c1ccccc1)c1ccccc1. The van der Waals surface area contributed by atoms with E-state index in [1.807, 2.05) is 0 Å². The van der Waals surface area contributed by atoms with Gasteiger partial charge in [-0.15, -0.1) is 0 Å². The van der Waals surface area contributed by atoms with Gasteiger partial charge in [0.05, 0.1) is 0 Å². The Labute approximate surface area is 356 Å². The van der Waals surface area contributed by atoms with Crippen LogP contribution in [0.2, 0.25) is 0 Å². The van der Waals surface area contributed by atoms with Gasteiger partial charge in [0.1, 0.15) is 47.7 Å². The Morgan fingerprint density at radius 2 is 0.333 bits per heavy atom. The maximum Gasteiger partial charge on any atom is 0.385 e. The second-order valence-electron chi connectivity index (χ2n) is 14.8. The minimum atomic E-state index is -3.29. The number of rotatable bonds is 12. The van der Waals surface area contributed by atoms with Gasteiger partial charge in [0.15, 0.2) is 6.07 Å². The minimum Gasteiger partial charge on any atom is -0.185 e. The van der Waals surface area contributed by atoms with Gasteiger partial charge in [0.2, 0.25) is 21.8 Å². The van der Waals surface area contributed by atoms with E-state index in [-0.39, 0.29) is 0 Å². The van der Waals surface area contributed by atoms with Crippen LogP contribution in [0.1, 0.15) is 0 Å². The van der Waals surface area contributed by atoms with Crippen LogP contribution in [0.25, 0.3) is 0 Å². The normalized spacial score (nSPS) is 12.0. The summed E-state index contributed by atoms with van der Waals surface area (Å²) in [6.45, 7) is 0. The second kappa shape index (κ2) is 17.2. The van der Waals surface area contributed by atoms with Gasteiger partial charge in [-0.2, -0.15) is 5.26 Å². The summed E-state index contributed by atoms with van der Waals surface area (Å²) in [6, 6.07) is 104. The molecular formula is C56H45NP3+3. The molecular weight excluding hydrogens is 780 g/mol. The van der Waals surface area contributed by atoms with Crippen molar-refractivity contribution in [2.45, 2.75) is 4.64 Å². The Morgan fingerprint density at radius 3 is 0.433 bits per heavy atom. The zero-order valence-electron chi connectivity index (χ0n) is 33.3. The minimum absolute atomic E-state index is 1.17. The van der Waals surface area contributed by atoms with Crippen LogP contribution in [0.15, 0.2) is 273 Å². The van der Waals surface area contributed by atoms with Gasteiger partial charge in [-0.25, -0.2) is 0 Å². The predicted molar refractivity (Wildman–Crippen MR) is 264 cm³/mol. The van der Waals surface area contributed by atoms with Gasteiger partial charge in [0, 0.05) is 0 Å². The summed E-state index contributed by atoms with van der Waals surface area (Å²) >= 11 is 0. The first-order valence-electron chi connectivity index (χ1n) is 20.4. The third-order valence-electron chi connectivity index (χ3n) is 11.8. The lowest BCUT2D eigenvalue weighted by atomic mass is 10.3. The molecule has 286 valence electrons. The summed E-state index contributed by atoms with van der Waals surface area (Å²) in [4.78, 5) is 0. The van der Waals surface area contributed by atoms with E-state index in [0.29, 0.717) is 0 Å². The molecule has 0 radical (unpaired) electrons. The standard InChI is InChI=1S/C56H45NP3/c57-46-56(58(47-28-10-1-11-29-47,48-30-12-2-13-31-48)49-32-14-3-15-33-49,59(50-34-16-4-17-35-50,51-36-18-5-19-37-51)52-38-20-6-21-39-52)60(53-40-22-7-23-41-53,54-42-24-8-25-43-54)55-44-26-9-27-45-55/h1-45H/q+3. The topological polar surface area (TPSA) is 23.8 Å². The largest absolute Gasteiger partial charge is 0.385 e. The molecule has 60 heavy (non-hydrogen) atoms. The number of hydrogen-bond donors (Lipinski definition) is 0. The average Bonchev–Trinajstić information content (AvgIpc) is 3.35. The van der Waals surface area contributed by atoms with E-state index in [9.17, 15) is 5.26 Å². The molecule has 9 rings (SSSR count). The fourth-order valence-electron chi connectivity index (χ4n) is 9.73. The second-order valence-corrected chi connectivity index (χ2v) is 26.5. The number of nitriles is 1. The van der Waals surface area contributed by atoms with Crippen LogP contribution >= 0.6 is 21.8 Å². The zero-order valence-corrected chi connectivity index (χ0v) is 36.0. The highest BCUT2D eigenvalue weighted by Gasteiger charge is 2.93. The summed E-state index contributed by atoms with van der Waals surface area (Å²) < 4.78 is -1.24. The van der Waals surface area contributed by atoms with E-state index in [1.54, 1.807) is 0 Å². The first kappa shape index (κ1) is 39.2. The summed E-state index contributed by atoms with van der Waals surface area (Å²) in [5, 5.41) is 24.5. The van der Waals surface area contributed by atoms with Crippen LogP contribution in [0.5, 0.6) is 0 Å². The lowest BCUT2D eigenvalue weighted by Crippen LogP contribution is -2.61. The molecule has 4 heteroatoms. The molecule has 0 aromatic heterocycles. The summed E-state index contributed by atoms with van der Waals surface area (Å²) in [5.74, 6) is 0. The molecule has 0 saturated heterocycles. The fraction of sp³-hybridized carbons (Fsp3) is 0.0179. The van der Waals surface area contributed by atoms with Gasteiger partial charge in [-0.05, 0) is 109 Å². The molecule has 0 aliphatic rings.